The first-order chi connectivity index (χ1) is 23.8. The van der Waals surface area contributed by atoms with E-state index in [-0.39, 0.29) is 0 Å². The third-order valence-corrected chi connectivity index (χ3v) is 9.59. The van der Waals surface area contributed by atoms with Gasteiger partial charge < -0.3 is 9.47 Å². The molecule has 0 unspecified atom stereocenters. The van der Waals surface area contributed by atoms with E-state index in [2.05, 4.69) is 191 Å². The molecular weight excluding hydrogens is 581 g/mol. The van der Waals surface area contributed by atoms with E-state index in [4.69, 9.17) is 0 Å². The van der Waals surface area contributed by atoms with E-state index >= 15 is 0 Å². The SMILES string of the molecule is C1=Cc2c(ccc3c2c2ccc(N(c4ccccc4)c4ccccc4)cc2n3-c2cc(-c3ccccc3)cc(-c3ccccc3)c2)CC1. The van der Waals surface area contributed by atoms with E-state index in [0.717, 1.165) is 35.6 Å². The third-order valence-electron chi connectivity index (χ3n) is 9.59. The van der Waals surface area contributed by atoms with Crippen LogP contribution < -0.4 is 4.90 Å². The lowest BCUT2D eigenvalue weighted by atomic mass is 9.93. The van der Waals surface area contributed by atoms with Crippen molar-refractivity contribution >= 4 is 44.9 Å². The zero-order valence-corrected chi connectivity index (χ0v) is 26.6. The molecule has 0 spiro atoms. The average molecular weight is 615 g/mol. The Kier molecular flexibility index (Phi) is 6.98. The second-order valence-electron chi connectivity index (χ2n) is 12.5. The normalized spacial score (nSPS) is 12.3. The molecule has 9 rings (SSSR count). The van der Waals surface area contributed by atoms with Crippen molar-refractivity contribution in [1.29, 1.82) is 0 Å². The van der Waals surface area contributed by atoms with Crippen molar-refractivity contribution in [2.45, 2.75) is 12.8 Å². The lowest BCUT2D eigenvalue weighted by molar-refractivity contribution is 0.989. The van der Waals surface area contributed by atoms with Gasteiger partial charge in [0.25, 0.3) is 0 Å². The molecule has 48 heavy (non-hydrogen) atoms. The van der Waals surface area contributed by atoms with E-state index in [9.17, 15) is 0 Å². The minimum absolute atomic E-state index is 1.07. The maximum Gasteiger partial charge on any atom is 0.0562 e. The molecule has 2 nitrogen and oxygen atoms in total. The highest BCUT2D eigenvalue weighted by Crippen LogP contribution is 2.43. The molecule has 228 valence electrons. The van der Waals surface area contributed by atoms with Crippen LogP contribution in [0.15, 0.2) is 176 Å². The molecule has 0 saturated carbocycles. The Morgan fingerprint density at radius 2 is 1.04 bits per heavy atom. The highest BCUT2D eigenvalue weighted by atomic mass is 15.1. The molecule has 0 amide bonds. The van der Waals surface area contributed by atoms with Gasteiger partial charge in [-0.25, -0.2) is 0 Å². The largest absolute Gasteiger partial charge is 0.310 e. The molecule has 0 N–H and O–H groups in total. The van der Waals surface area contributed by atoms with Gasteiger partial charge in [-0.2, -0.15) is 0 Å². The van der Waals surface area contributed by atoms with Gasteiger partial charge >= 0.3 is 0 Å². The van der Waals surface area contributed by atoms with Crippen LogP contribution in [0.3, 0.4) is 0 Å². The number of anilines is 3. The maximum atomic E-state index is 2.49. The zero-order chi connectivity index (χ0) is 31.9. The first-order valence-electron chi connectivity index (χ1n) is 16.7. The Morgan fingerprint density at radius 1 is 0.458 bits per heavy atom. The molecule has 1 aliphatic rings. The standard InChI is InChI=1S/C46H34N2/c1-5-15-33(16-6-1)36-29-37(34-17-7-2-8-18-34)31-41(30-36)48-44-28-25-35-19-13-14-24-42(35)46(44)43-27-26-40(32-45(43)48)47(38-20-9-3-10-21-38)39-22-11-4-12-23-39/h1-12,14-18,20-32H,13,19H2. The topological polar surface area (TPSA) is 8.17 Å². The first kappa shape index (κ1) is 28.1. The molecule has 0 radical (unpaired) electrons. The summed E-state index contributed by atoms with van der Waals surface area (Å²) in [4.78, 5) is 2.35. The monoisotopic (exact) mass is 614 g/mol. The van der Waals surface area contributed by atoms with Gasteiger partial charge in [0, 0.05) is 33.5 Å². The molecule has 0 bridgehead atoms. The summed E-state index contributed by atoms with van der Waals surface area (Å²) >= 11 is 0. The van der Waals surface area contributed by atoms with Gasteiger partial charge in [-0.15, -0.1) is 0 Å². The van der Waals surface area contributed by atoms with Gasteiger partial charge in [0.2, 0.25) is 0 Å². The number of aryl methyl sites for hydroxylation is 1. The smallest absolute Gasteiger partial charge is 0.0562 e. The van der Waals surface area contributed by atoms with Gasteiger partial charge in [0.1, 0.15) is 0 Å². The number of aromatic nitrogens is 1. The van der Waals surface area contributed by atoms with Crippen LogP contribution in [0.5, 0.6) is 0 Å². The predicted octanol–water partition coefficient (Wildman–Crippen LogP) is 12.5. The number of fused-ring (bicyclic) bond motifs is 5. The molecule has 0 atom stereocenters. The third kappa shape index (κ3) is 4.90. The van der Waals surface area contributed by atoms with Crippen molar-refractivity contribution in [2.24, 2.45) is 0 Å². The van der Waals surface area contributed by atoms with Crippen LogP contribution in [0.2, 0.25) is 0 Å². The van der Waals surface area contributed by atoms with Gasteiger partial charge in [0.05, 0.1) is 11.0 Å². The van der Waals surface area contributed by atoms with Crippen LogP contribution >= 0.6 is 0 Å². The molecule has 0 fully saturated rings. The average Bonchev–Trinajstić information content (AvgIpc) is 3.50. The van der Waals surface area contributed by atoms with Crippen LogP contribution in [0, 0.1) is 0 Å². The molecule has 0 aliphatic heterocycles. The summed E-state index contributed by atoms with van der Waals surface area (Å²) in [6.45, 7) is 0. The molecule has 2 heteroatoms. The van der Waals surface area contributed by atoms with E-state index in [1.165, 1.54) is 55.2 Å². The van der Waals surface area contributed by atoms with Crippen LogP contribution in [-0.4, -0.2) is 4.57 Å². The van der Waals surface area contributed by atoms with E-state index in [1.807, 2.05) is 0 Å². The fourth-order valence-electron chi connectivity index (χ4n) is 7.37. The van der Waals surface area contributed by atoms with Crippen LogP contribution in [0.25, 0.3) is 55.8 Å². The number of nitrogens with zero attached hydrogens (tertiary/aromatic N) is 2. The first-order valence-corrected chi connectivity index (χ1v) is 16.7. The van der Waals surface area contributed by atoms with Crippen LogP contribution in [0.1, 0.15) is 17.5 Å². The quantitative estimate of drug-likeness (QED) is 0.181. The van der Waals surface area contributed by atoms with Gasteiger partial charge in [-0.3, -0.25) is 0 Å². The Bertz CT molecular complexity index is 2330. The molecule has 1 heterocycles. The number of hydrogen-bond acceptors (Lipinski definition) is 1. The molecule has 7 aromatic carbocycles. The number of hydrogen-bond donors (Lipinski definition) is 0. The van der Waals surface area contributed by atoms with E-state index in [1.54, 1.807) is 0 Å². The summed E-state index contributed by atoms with van der Waals surface area (Å²) in [7, 11) is 0. The fourth-order valence-corrected chi connectivity index (χ4v) is 7.37. The van der Waals surface area contributed by atoms with Crippen molar-refractivity contribution < 1.29 is 0 Å². The lowest BCUT2D eigenvalue weighted by Crippen LogP contribution is -2.09. The number of benzene rings is 7. The molecule has 8 aromatic rings. The highest BCUT2D eigenvalue weighted by Gasteiger charge is 2.21. The molecule has 1 aromatic heterocycles. The minimum atomic E-state index is 1.07. The fraction of sp³-hybridized carbons (Fsp3) is 0.0435. The summed E-state index contributed by atoms with van der Waals surface area (Å²) in [5, 5.41) is 2.59. The van der Waals surface area contributed by atoms with E-state index in [0.29, 0.717) is 0 Å². The second-order valence-corrected chi connectivity index (χ2v) is 12.5. The van der Waals surface area contributed by atoms with Crippen molar-refractivity contribution in [3.05, 3.63) is 187 Å². The van der Waals surface area contributed by atoms with Crippen molar-refractivity contribution in [2.75, 3.05) is 4.90 Å². The molecule has 1 aliphatic carbocycles. The van der Waals surface area contributed by atoms with Crippen molar-refractivity contribution in [3.8, 4) is 27.9 Å². The minimum Gasteiger partial charge on any atom is -0.310 e. The Hall–Kier alpha value is -6.12. The van der Waals surface area contributed by atoms with Gasteiger partial charge in [-0.05, 0) is 107 Å². The van der Waals surface area contributed by atoms with Crippen molar-refractivity contribution in [3.63, 3.8) is 0 Å². The number of rotatable bonds is 6. The van der Waals surface area contributed by atoms with Crippen LogP contribution in [-0.2, 0) is 6.42 Å². The summed E-state index contributed by atoms with van der Waals surface area (Å²) in [6.07, 6.45) is 6.83. The summed E-state index contributed by atoms with van der Waals surface area (Å²) in [5.41, 5.74) is 14.5. The Morgan fingerprint density at radius 3 is 1.65 bits per heavy atom. The summed E-state index contributed by atoms with van der Waals surface area (Å²) in [6, 6.07) is 61.5. The summed E-state index contributed by atoms with van der Waals surface area (Å²) in [5.74, 6) is 0. The van der Waals surface area contributed by atoms with Crippen LogP contribution in [0.4, 0.5) is 17.1 Å². The van der Waals surface area contributed by atoms with Crippen molar-refractivity contribution in [1.82, 2.24) is 4.57 Å². The maximum absolute atomic E-state index is 2.49. The number of allylic oxidation sites excluding steroid dienone is 1. The molecular formula is C46H34N2. The van der Waals surface area contributed by atoms with Gasteiger partial charge in [0.15, 0.2) is 0 Å². The Balaban J connectivity index is 1.36. The van der Waals surface area contributed by atoms with Gasteiger partial charge in [-0.1, -0.05) is 121 Å². The molecule has 0 saturated heterocycles. The predicted molar refractivity (Wildman–Crippen MR) is 204 cm³/mol. The number of para-hydroxylation sites is 2. The lowest BCUT2D eigenvalue weighted by Gasteiger charge is -2.25. The highest BCUT2D eigenvalue weighted by molar-refractivity contribution is 6.14. The summed E-state index contributed by atoms with van der Waals surface area (Å²) < 4.78 is 2.49. The van der Waals surface area contributed by atoms with E-state index < -0.39 is 0 Å². The Labute approximate surface area is 281 Å². The zero-order valence-electron chi connectivity index (χ0n) is 26.6. The second kappa shape index (κ2) is 11.9.